The molecule has 4 heterocycles. The summed E-state index contributed by atoms with van der Waals surface area (Å²) in [5, 5.41) is 0.585. The van der Waals surface area contributed by atoms with Crippen LogP contribution in [0.3, 0.4) is 0 Å². The Morgan fingerprint density at radius 3 is 2.75 bits per heavy atom. The third kappa shape index (κ3) is 2.60. The third-order valence-electron chi connectivity index (χ3n) is 7.50. The van der Waals surface area contributed by atoms with Crippen LogP contribution in [0, 0.1) is 5.92 Å². The molecule has 36 heavy (non-hydrogen) atoms. The zero-order valence-corrected chi connectivity index (χ0v) is 20.8. The molecular formula is C27H19ClN2O5S. The number of halogens is 1. The van der Waals surface area contributed by atoms with Gasteiger partial charge in [-0.15, -0.1) is 0 Å². The standard InChI is InChI=1S/C27H19ClN2O5S/c1-26-21(24(32)33-2)27(26)22(16-8-4-6-10-19(16)35-27)30-23(31)20(36-25(30)29-26)13-14-11-12-18(34-14)15-7-3-5-9-17(15)28/h3-13,21-22H,1-2H3/b20-13-/t21-,22+,26+,27-/m1/s1. The van der Waals surface area contributed by atoms with E-state index in [-0.39, 0.29) is 5.56 Å². The van der Waals surface area contributed by atoms with Gasteiger partial charge in [-0.2, -0.15) is 0 Å². The third-order valence-corrected chi connectivity index (χ3v) is 8.81. The summed E-state index contributed by atoms with van der Waals surface area (Å²) in [4.78, 5) is 32.0. The number of para-hydroxylation sites is 1. The lowest BCUT2D eigenvalue weighted by molar-refractivity contribution is -0.144. The lowest BCUT2D eigenvalue weighted by Crippen LogP contribution is -2.47. The Morgan fingerprint density at radius 1 is 1.17 bits per heavy atom. The minimum absolute atomic E-state index is 0.211. The van der Waals surface area contributed by atoms with Gasteiger partial charge in [0.1, 0.15) is 34.8 Å². The molecule has 4 atom stereocenters. The SMILES string of the molecule is COC(=O)[C@H]1[C@@]23Oc4ccccc4[C@@H]2n2c(s/c(=C\c4ccc(-c5ccccc5Cl)o4)c2=O)=N[C@@]13C. The average Bonchev–Trinajstić information content (AvgIpc) is 3.27. The molecule has 180 valence electrons. The number of methoxy groups -OCH3 is 1. The van der Waals surface area contributed by atoms with E-state index in [1.54, 1.807) is 22.8 Å². The van der Waals surface area contributed by atoms with Crippen LogP contribution in [0.2, 0.25) is 5.02 Å². The molecule has 2 aromatic heterocycles. The highest BCUT2D eigenvalue weighted by molar-refractivity contribution is 7.07. The molecule has 0 N–H and O–H groups in total. The van der Waals surface area contributed by atoms with E-state index in [9.17, 15) is 9.59 Å². The van der Waals surface area contributed by atoms with E-state index in [1.807, 2.05) is 55.5 Å². The topological polar surface area (TPSA) is 83.0 Å². The second-order valence-corrected chi connectivity index (χ2v) is 10.7. The maximum atomic E-state index is 13.8. The number of hydrogen-bond acceptors (Lipinski definition) is 7. The van der Waals surface area contributed by atoms with Crippen molar-refractivity contribution in [2.24, 2.45) is 10.9 Å². The summed E-state index contributed by atoms with van der Waals surface area (Å²) in [7, 11) is 1.36. The summed E-state index contributed by atoms with van der Waals surface area (Å²) in [6.45, 7) is 1.90. The van der Waals surface area contributed by atoms with Crippen LogP contribution in [0.4, 0.5) is 0 Å². The van der Waals surface area contributed by atoms with Crippen LogP contribution in [-0.2, 0) is 9.53 Å². The largest absolute Gasteiger partial charge is 0.481 e. The molecule has 1 fully saturated rings. The zero-order chi connectivity index (χ0) is 24.8. The molecule has 0 amide bonds. The number of nitrogens with zero attached hydrogens (tertiary/aromatic N) is 2. The van der Waals surface area contributed by atoms with E-state index in [2.05, 4.69) is 0 Å². The minimum atomic E-state index is -0.999. The average molecular weight is 519 g/mol. The summed E-state index contributed by atoms with van der Waals surface area (Å²) in [5.74, 6) is 0.793. The number of thiazole rings is 1. The molecule has 2 aliphatic heterocycles. The smallest absolute Gasteiger partial charge is 0.315 e. The van der Waals surface area contributed by atoms with Gasteiger partial charge in [-0.3, -0.25) is 14.2 Å². The van der Waals surface area contributed by atoms with Crippen LogP contribution in [0.1, 0.15) is 24.3 Å². The van der Waals surface area contributed by atoms with Gasteiger partial charge in [0.15, 0.2) is 10.4 Å². The molecule has 1 spiro atoms. The molecule has 9 heteroatoms. The molecular weight excluding hydrogens is 500 g/mol. The summed E-state index contributed by atoms with van der Waals surface area (Å²) in [6, 6.07) is 18.1. The van der Waals surface area contributed by atoms with Crippen molar-refractivity contribution in [3.63, 3.8) is 0 Å². The fourth-order valence-corrected chi connectivity index (χ4v) is 7.13. The fourth-order valence-electron chi connectivity index (χ4n) is 5.83. The number of furan rings is 1. The second kappa shape index (κ2) is 7.21. The first-order valence-electron chi connectivity index (χ1n) is 11.4. The number of ether oxygens (including phenoxy) is 2. The molecule has 1 aliphatic carbocycles. The molecule has 4 aromatic rings. The molecule has 7 nitrogen and oxygen atoms in total. The molecule has 0 saturated heterocycles. The quantitative estimate of drug-likeness (QED) is 0.387. The minimum Gasteiger partial charge on any atom is -0.481 e. The van der Waals surface area contributed by atoms with Crippen LogP contribution in [0.15, 0.2) is 74.9 Å². The number of benzene rings is 2. The van der Waals surface area contributed by atoms with Crippen molar-refractivity contribution < 1.29 is 18.7 Å². The molecule has 7 rings (SSSR count). The molecule has 0 radical (unpaired) electrons. The normalized spacial score (nSPS) is 27.2. The fraction of sp³-hybridized carbons (Fsp3) is 0.222. The van der Waals surface area contributed by atoms with Crippen molar-refractivity contribution in [2.45, 2.75) is 24.1 Å². The first-order valence-corrected chi connectivity index (χ1v) is 12.6. The molecule has 1 saturated carbocycles. The Balaban J connectivity index is 1.40. The Morgan fingerprint density at radius 2 is 1.94 bits per heavy atom. The Kier molecular flexibility index (Phi) is 4.34. The monoisotopic (exact) mass is 518 g/mol. The Labute approximate surface area is 213 Å². The number of rotatable bonds is 3. The van der Waals surface area contributed by atoms with Crippen molar-refractivity contribution >= 4 is 35.0 Å². The maximum Gasteiger partial charge on any atom is 0.315 e. The van der Waals surface area contributed by atoms with Gasteiger partial charge in [0.25, 0.3) is 5.56 Å². The van der Waals surface area contributed by atoms with Gasteiger partial charge in [0.2, 0.25) is 0 Å². The zero-order valence-electron chi connectivity index (χ0n) is 19.2. The molecule has 2 aromatic carbocycles. The summed E-state index contributed by atoms with van der Waals surface area (Å²) in [5.41, 5.74) is -0.422. The number of aromatic nitrogens is 1. The molecule has 0 unspecified atom stereocenters. The highest BCUT2D eigenvalue weighted by Crippen LogP contribution is 2.70. The van der Waals surface area contributed by atoms with Crippen molar-refractivity contribution in [3.8, 4) is 17.1 Å². The summed E-state index contributed by atoms with van der Waals surface area (Å²) < 4.78 is 19.7. The molecule has 3 aliphatic rings. The van der Waals surface area contributed by atoms with E-state index in [0.29, 0.717) is 31.6 Å². The number of carbonyl (C=O) groups is 1. The van der Waals surface area contributed by atoms with Gasteiger partial charge in [0.05, 0.1) is 16.7 Å². The van der Waals surface area contributed by atoms with Gasteiger partial charge in [0, 0.05) is 17.2 Å². The number of fused-ring (bicyclic) bond motifs is 4. The van der Waals surface area contributed by atoms with E-state index in [1.165, 1.54) is 18.4 Å². The molecule has 0 bridgehead atoms. The van der Waals surface area contributed by atoms with Crippen LogP contribution in [0.5, 0.6) is 5.75 Å². The first-order chi connectivity index (χ1) is 17.4. The highest BCUT2D eigenvalue weighted by Gasteiger charge is 2.88. The predicted molar refractivity (Wildman–Crippen MR) is 134 cm³/mol. The number of carbonyl (C=O) groups excluding carboxylic acids is 1. The predicted octanol–water partition coefficient (Wildman–Crippen LogP) is 3.57. The Bertz CT molecular complexity index is 1770. The van der Waals surface area contributed by atoms with E-state index < -0.39 is 29.1 Å². The lowest BCUT2D eigenvalue weighted by Gasteiger charge is -2.26. The van der Waals surface area contributed by atoms with Crippen LogP contribution in [0.25, 0.3) is 17.4 Å². The van der Waals surface area contributed by atoms with Crippen LogP contribution >= 0.6 is 22.9 Å². The van der Waals surface area contributed by atoms with Crippen molar-refractivity contribution in [1.29, 1.82) is 0 Å². The van der Waals surface area contributed by atoms with Gasteiger partial charge in [-0.25, -0.2) is 4.99 Å². The van der Waals surface area contributed by atoms with Gasteiger partial charge >= 0.3 is 5.97 Å². The Hall–Kier alpha value is -3.62. The number of esters is 1. The maximum absolute atomic E-state index is 13.8. The van der Waals surface area contributed by atoms with E-state index >= 15 is 0 Å². The van der Waals surface area contributed by atoms with Crippen LogP contribution < -0.4 is 19.6 Å². The van der Waals surface area contributed by atoms with Gasteiger partial charge in [-0.05, 0) is 37.3 Å². The summed E-state index contributed by atoms with van der Waals surface area (Å²) >= 11 is 7.58. The van der Waals surface area contributed by atoms with Gasteiger partial charge < -0.3 is 13.9 Å². The highest BCUT2D eigenvalue weighted by atomic mass is 35.5. The van der Waals surface area contributed by atoms with Crippen molar-refractivity contribution in [2.75, 3.05) is 7.11 Å². The van der Waals surface area contributed by atoms with Crippen molar-refractivity contribution in [1.82, 2.24) is 4.57 Å². The lowest BCUT2D eigenvalue weighted by atomic mass is 9.97. The van der Waals surface area contributed by atoms with Crippen molar-refractivity contribution in [3.05, 3.63) is 96.7 Å². The van der Waals surface area contributed by atoms with Gasteiger partial charge in [-0.1, -0.05) is 53.3 Å². The van der Waals surface area contributed by atoms with Crippen LogP contribution in [-0.4, -0.2) is 28.8 Å². The summed E-state index contributed by atoms with van der Waals surface area (Å²) in [6.07, 6.45) is 1.72. The van der Waals surface area contributed by atoms with E-state index in [4.69, 9.17) is 30.5 Å². The number of hydrogen-bond donors (Lipinski definition) is 0. The second-order valence-electron chi connectivity index (χ2n) is 9.30. The van der Waals surface area contributed by atoms with E-state index in [0.717, 1.165) is 11.1 Å². The first kappa shape index (κ1) is 21.6.